The van der Waals surface area contributed by atoms with E-state index in [1.165, 1.54) is 48.7 Å². The summed E-state index contributed by atoms with van der Waals surface area (Å²) in [4.78, 5) is 10.8. The topological polar surface area (TPSA) is 173 Å². The number of aromatic amines is 1. The molecule has 0 fully saturated rings. The van der Waals surface area contributed by atoms with Crippen LogP contribution in [0.3, 0.4) is 0 Å². The highest BCUT2D eigenvalue weighted by atomic mass is 32.2. The molecule has 0 bridgehead atoms. The highest BCUT2D eigenvalue weighted by Crippen LogP contribution is 2.24. The molecule has 0 aliphatic carbocycles. The number of hydrogen-bond donors (Lipinski definition) is 4. The van der Waals surface area contributed by atoms with Crippen molar-refractivity contribution in [1.29, 1.82) is 0 Å². The molecule has 0 aliphatic rings. The fraction of sp³-hybridized carbons (Fsp3) is 0. The van der Waals surface area contributed by atoms with Crippen molar-refractivity contribution in [3.63, 3.8) is 0 Å². The van der Waals surface area contributed by atoms with Crippen LogP contribution in [0, 0.1) is 0 Å². The van der Waals surface area contributed by atoms with Crippen LogP contribution in [0.5, 0.6) is 0 Å². The first-order valence-electron chi connectivity index (χ1n) is 7.90. The van der Waals surface area contributed by atoms with E-state index in [9.17, 15) is 30.7 Å². The Balaban J connectivity index is 2.13. The summed E-state index contributed by atoms with van der Waals surface area (Å²) in [6.45, 7) is 0. The molecule has 0 unspecified atom stereocenters. The number of nitrogen functional groups attached to an aromatic ring is 1. The van der Waals surface area contributed by atoms with Crippen molar-refractivity contribution in [1.82, 2.24) is 9.78 Å². The van der Waals surface area contributed by atoms with Crippen LogP contribution in [0.2, 0.25) is 0 Å². The number of nitrogens with zero attached hydrogens (tertiary/aromatic N) is 1. The zero-order chi connectivity index (χ0) is 21.4. The van der Waals surface area contributed by atoms with Crippen LogP contribution < -0.4 is 11.3 Å². The Labute approximate surface area is 165 Å². The molecule has 0 amide bonds. The standard InChI is InChI=1S/C17H15N3O7S2/c18-13-5-3-11(15(9-13)28(22,23)24)1-2-12-4-6-14(10-16(12)29(25,26)27)20-17(21)7-8-19-20/h1-10,19H,18H2,(H,22,23,24)(H,25,26,27)/b2-1+. The number of H-pyrrole nitrogens is 1. The molecule has 10 nitrogen and oxygen atoms in total. The van der Waals surface area contributed by atoms with Gasteiger partial charge >= 0.3 is 0 Å². The van der Waals surface area contributed by atoms with Gasteiger partial charge in [0.2, 0.25) is 0 Å². The average Bonchev–Trinajstić information content (AvgIpc) is 3.05. The molecule has 0 radical (unpaired) electrons. The van der Waals surface area contributed by atoms with E-state index in [0.29, 0.717) is 0 Å². The van der Waals surface area contributed by atoms with E-state index < -0.39 is 35.6 Å². The first-order chi connectivity index (χ1) is 13.5. The smallest absolute Gasteiger partial charge is 0.295 e. The maximum absolute atomic E-state index is 11.8. The third kappa shape index (κ3) is 4.46. The Bertz CT molecular complexity index is 1380. The molecule has 1 heterocycles. The Hall–Kier alpha value is -3.19. The summed E-state index contributed by atoms with van der Waals surface area (Å²) in [5, 5.41) is 2.61. The lowest BCUT2D eigenvalue weighted by Crippen LogP contribution is -2.14. The number of aromatic nitrogens is 2. The Morgan fingerprint density at radius 2 is 1.41 bits per heavy atom. The molecular weight excluding hydrogens is 422 g/mol. The van der Waals surface area contributed by atoms with E-state index in [1.54, 1.807) is 0 Å². The largest absolute Gasteiger partial charge is 0.399 e. The van der Waals surface area contributed by atoms with Gasteiger partial charge in [0.1, 0.15) is 9.79 Å². The minimum atomic E-state index is -4.68. The van der Waals surface area contributed by atoms with E-state index in [2.05, 4.69) is 5.10 Å². The fourth-order valence-electron chi connectivity index (χ4n) is 2.64. The lowest BCUT2D eigenvalue weighted by atomic mass is 10.1. The molecule has 152 valence electrons. The number of nitrogens with one attached hydrogen (secondary N) is 1. The predicted molar refractivity (Wildman–Crippen MR) is 106 cm³/mol. The molecule has 0 aliphatic heterocycles. The minimum absolute atomic E-state index is 0.0222. The monoisotopic (exact) mass is 437 g/mol. The lowest BCUT2D eigenvalue weighted by molar-refractivity contribution is 0.480. The van der Waals surface area contributed by atoms with Crippen molar-refractivity contribution in [3.8, 4) is 5.69 Å². The maximum atomic E-state index is 11.8. The molecule has 2 aromatic carbocycles. The summed E-state index contributed by atoms with van der Waals surface area (Å²) in [7, 11) is -9.26. The molecule has 3 rings (SSSR count). The van der Waals surface area contributed by atoms with Crippen molar-refractivity contribution in [2.75, 3.05) is 5.73 Å². The molecule has 29 heavy (non-hydrogen) atoms. The number of anilines is 1. The number of rotatable bonds is 5. The van der Waals surface area contributed by atoms with E-state index in [-0.39, 0.29) is 22.5 Å². The Kier molecular flexibility index (Phi) is 5.19. The van der Waals surface area contributed by atoms with Gasteiger partial charge in [-0.3, -0.25) is 19.0 Å². The molecule has 0 spiro atoms. The zero-order valence-electron chi connectivity index (χ0n) is 14.6. The zero-order valence-corrected chi connectivity index (χ0v) is 16.2. The first kappa shape index (κ1) is 20.5. The molecule has 1 aromatic heterocycles. The van der Waals surface area contributed by atoms with Gasteiger partial charge in [-0.05, 0) is 35.4 Å². The van der Waals surface area contributed by atoms with Crippen molar-refractivity contribution >= 4 is 38.1 Å². The molecule has 0 atom stereocenters. The van der Waals surface area contributed by atoms with E-state index in [4.69, 9.17) is 5.73 Å². The number of benzene rings is 2. The number of nitrogens with two attached hydrogens (primary N) is 1. The van der Waals surface area contributed by atoms with Gasteiger partial charge in [0.15, 0.2) is 0 Å². The summed E-state index contributed by atoms with van der Waals surface area (Å²) in [5.74, 6) is 0. The normalized spacial score (nSPS) is 12.5. The highest BCUT2D eigenvalue weighted by Gasteiger charge is 2.17. The lowest BCUT2D eigenvalue weighted by Gasteiger charge is -2.08. The summed E-state index contributed by atoms with van der Waals surface area (Å²) >= 11 is 0. The third-order valence-corrected chi connectivity index (χ3v) is 5.76. The van der Waals surface area contributed by atoms with Crippen molar-refractivity contribution in [3.05, 3.63) is 70.1 Å². The second-order valence-corrected chi connectivity index (χ2v) is 8.72. The van der Waals surface area contributed by atoms with Gasteiger partial charge < -0.3 is 5.73 Å². The van der Waals surface area contributed by atoms with Crippen LogP contribution in [-0.2, 0) is 20.2 Å². The first-order valence-corrected chi connectivity index (χ1v) is 10.8. The molecule has 12 heteroatoms. The van der Waals surface area contributed by atoms with Crippen molar-refractivity contribution in [2.24, 2.45) is 0 Å². The minimum Gasteiger partial charge on any atom is -0.399 e. The summed E-state index contributed by atoms with van der Waals surface area (Å²) < 4.78 is 66.7. The molecule has 0 saturated carbocycles. The van der Waals surface area contributed by atoms with Gasteiger partial charge in [0.05, 0.1) is 5.69 Å². The van der Waals surface area contributed by atoms with E-state index in [1.807, 2.05) is 0 Å². The summed E-state index contributed by atoms with van der Waals surface area (Å²) in [5.41, 5.74) is 5.45. The Morgan fingerprint density at radius 1 is 0.862 bits per heavy atom. The van der Waals surface area contributed by atoms with Gasteiger partial charge in [-0.25, -0.2) is 4.68 Å². The molecule has 3 aromatic rings. The van der Waals surface area contributed by atoms with Crippen LogP contribution >= 0.6 is 0 Å². The van der Waals surface area contributed by atoms with Gasteiger partial charge in [-0.1, -0.05) is 24.3 Å². The third-order valence-electron chi connectivity index (χ3n) is 3.94. The van der Waals surface area contributed by atoms with Crippen molar-refractivity contribution < 1.29 is 25.9 Å². The van der Waals surface area contributed by atoms with Gasteiger partial charge in [-0.15, -0.1) is 0 Å². The molecular formula is C17H15N3O7S2. The van der Waals surface area contributed by atoms with Crippen LogP contribution in [-0.4, -0.2) is 35.7 Å². The van der Waals surface area contributed by atoms with Crippen LogP contribution in [0.25, 0.3) is 17.8 Å². The van der Waals surface area contributed by atoms with E-state index in [0.717, 1.165) is 16.8 Å². The summed E-state index contributed by atoms with van der Waals surface area (Å²) in [6, 6.07) is 8.86. The quantitative estimate of drug-likeness (QED) is 0.263. The number of hydrogen-bond acceptors (Lipinski definition) is 6. The van der Waals surface area contributed by atoms with Crippen LogP contribution in [0.4, 0.5) is 5.69 Å². The SMILES string of the molecule is Nc1ccc(/C=C/c2ccc(-n3[nH]ccc3=O)cc2S(=O)(=O)O)c(S(=O)(=O)O)c1. The Morgan fingerprint density at radius 3 is 1.93 bits per heavy atom. The van der Waals surface area contributed by atoms with Gasteiger partial charge in [0, 0.05) is 18.0 Å². The summed E-state index contributed by atoms with van der Waals surface area (Å²) in [6.07, 6.45) is 3.85. The second kappa shape index (κ2) is 7.33. The average molecular weight is 437 g/mol. The van der Waals surface area contributed by atoms with E-state index >= 15 is 0 Å². The van der Waals surface area contributed by atoms with Gasteiger partial charge in [-0.2, -0.15) is 16.8 Å². The molecule has 5 N–H and O–H groups in total. The van der Waals surface area contributed by atoms with Crippen LogP contribution in [0.1, 0.15) is 11.1 Å². The predicted octanol–water partition coefficient (Wildman–Crippen LogP) is 1.41. The molecule has 0 saturated heterocycles. The fourth-order valence-corrected chi connectivity index (χ4v) is 4.06. The second-order valence-electron chi connectivity index (χ2n) is 5.94. The highest BCUT2D eigenvalue weighted by molar-refractivity contribution is 7.86. The van der Waals surface area contributed by atoms with Gasteiger partial charge in [0.25, 0.3) is 25.8 Å². The van der Waals surface area contributed by atoms with Crippen LogP contribution in [0.15, 0.2) is 63.2 Å². The maximum Gasteiger partial charge on any atom is 0.295 e. The van der Waals surface area contributed by atoms with Crippen molar-refractivity contribution in [2.45, 2.75) is 9.79 Å².